The zero-order valence-electron chi connectivity index (χ0n) is 16.0. The van der Waals surface area contributed by atoms with Crippen LogP contribution in [0.2, 0.25) is 0 Å². The molecule has 2 aliphatic carbocycles. The number of carbonyl (C=O) groups excluding carboxylic acids is 2. The molecule has 2 aromatic rings. The van der Waals surface area contributed by atoms with Crippen LogP contribution in [0.25, 0.3) is 0 Å². The van der Waals surface area contributed by atoms with Crippen LogP contribution in [0.1, 0.15) is 82.9 Å². The summed E-state index contributed by atoms with van der Waals surface area (Å²) in [7, 11) is 0. The molecule has 2 aromatic heterocycles. The van der Waals surface area contributed by atoms with Gasteiger partial charge in [0.05, 0.1) is 12.0 Å². The Morgan fingerprint density at radius 2 is 1.93 bits per heavy atom. The van der Waals surface area contributed by atoms with Crippen molar-refractivity contribution in [3.05, 3.63) is 46.8 Å². The summed E-state index contributed by atoms with van der Waals surface area (Å²) >= 11 is 0. The molecule has 0 atom stereocenters. The summed E-state index contributed by atoms with van der Waals surface area (Å²) in [5.41, 5.74) is 4.91. The molecule has 2 heterocycles. The van der Waals surface area contributed by atoms with Crippen molar-refractivity contribution in [3.63, 3.8) is 0 Å². The van der Waals surface area contributed by atoms with Crippen LogP contribution in [0.4, 0.5) is 0 Å². The molecule has 148 valence electrons. The van der Waals surface area contributed by atoms with Gasteiger partial charge in [0, 0.05) is 23.6 Å². The molecule has 2 N–H and O–H groups in total. The molecule has 0 spiro atoms. The molecule has 7 heteroatoms. The number of carbonyl (C=O) groups is 2. The van der Waals surface area contributed by atoms with E-state index in [1.807, 2.05) is 6.92 Å². The third-order valence-electron chi connectivity index (χ3n) is 5.51. The number of hydrazone groups is 1. The van der Waals surface area contributed by atoms with E-state index in [0.717, 1.165) is 67.5 Å². The van der Waals surface area contributed by atoms with Crippen molar-refractivity contribution in [3.8, 4) is 0 Å². The zero-order valence-corrected chi connectivity index (χ0v) is 16.0. The smallest absolute Gasteiger partial charge is 0.307 e. The van der Waals surface area contributed by atoms with Crippen LogP contribution in [0.5, 0.6) is 0 Å². The number of aryl methyl sites for hydroxylation is 1. The van der Waals surface area contributed by atoms with E-state index < -0.39 is 5.91 Å². The Morgan fingerprint density at radius 3 is 2.68 bits per heavy atom. The Hall–Kier alpha value is -2.83. The molecule has 28 heavy (non-hydrogen) atoms. The number of hydrogen-bond donors (Lipinski definition) is 2. The van der Waals surface area contributed by atoms with E-state index in [0.29, 0.717) is 5.76 Å². The van der Waals surface area contributed by atoms with Crippen molar-refractivity contribution in [1.29, 1.82) is 0 Å². The molecule has 0 saturated heterocycles. The van der Waals surface area contributed by atoms with Gasteiger partial charge in [0.2, 0.25) is 0 Å². The summed E-state index contributed by atoms with van der Waals surface area (Å²) in [5.74, 6) is 0.779. The van der Waals surface area contributed by atoms with Gasteiger partial charge in [-0.2, -0.15) is 5.10 Å². The van der Waals surface area contributed by atoms with Crippen molar-refractivity contribution in [2.45, 2.75) is 64.3 Å². The van der Waals surface area contributed by atoms with Crippen LogP contribution in [-0.2, 0) is 6.42 Å². The van der Waals surface area contributed by atoms with Crippen molar-refractivity contribution >= 4 is 17.5 Å². The van der Waals surface area contributed by atoms with E-state index in [1.165, 1.54) is 12.7 Å². The predicted octanol–water partition coefficient (Wildman–Crippen LogP) is 3.71. The minimum Gasteiger partial charge on any atom is -0.459 e. The maximum atomic E-state index is 12.8. The van der Waals surface area contributed by atoms with Gasteiger partial charge in [-0.3, -0.25) is 9.59 Å². The zero-order chi connectivity index (χ0) is 19.5. The highest BCUT2D eigenvalue weighted by molar-refractivity contribution is 6.07. The van der Waals surface area contributed by atoms with Gasteiger partial charge in [0.25, 0.3) is 5.91 Å². The van der Waals surface area contributed by atoms with Crippen molar-refractivity contribution in [2.75, 3.05) is 0 Å². The van der Waals surface area contributed by atoms with Crippen molar-refractivity contribution in [2.24, 2.45) is 5.10 Å². The molecule has 1 fully saturated rings. The van der Waals surface area contributed by atoms with Gasteiger partial charge in [-0.15, -0.1) is 0 Å². The Balaban J connectivity index is 1.53. The first-order chi connectivity index (χ1) is 13.6. The third-order valence-corrected chi connectivity index (χ3v) is 5.51. The number of nitrogens with one attached hydrogen (secondary N) is 2. The second kappa shape index (κ2) is 8.04. The van der Waals surface area contributed by atoms with Gasteiger partial charge in [-0.05, 0) is 44.7 Å². The SMILES string of the molecule is Cc1c(C(=O)NC2CCCCC2)oc2c1/C(=N/NC(=O)c1ccco1)CCC2. The number of amides is 2. The molecule has 1 saturated carbocycles. The maximum Gasteiger partial charge on any atom is 0.307 e. The minimum absolute atomic E-state index is 0.155. The van der Waals surface area contributed by atoms with Crippen LogP contribution in [-0.4, -0.2) is 23.6 Å². The van der Waals surface area contributed by atoms with Gasteiger partial charge < -0.3 is 14.2 Å². The fourth-order valence-corrected chi connectivity index (χ4v) is 4.08. The predicted molar refractivity (Wildman–Crippen MR) is 103 cm³/mol. The lowest BCUT2D eigenvalue weighted by Crippen LogP contribution is -2.36. The molecule has 0 aliphatic heterocycles. The molecule has 2 amide bonds. The molecular formula is C21H25N3O4. The highest BCUT2D eigenvalue weighted by Crippen LogP contribution is 2.30. The van der Waals surface area contributed by atoms with E-state index in [1.54, 1.807) is 12.1 Å². The summed E-state index contributed by atoms with van der Waals surface area (Å²) < 4.78 is 11.0. The lowest BCUT2D eigenvalue weighted by atomic mass is 9.93. The van der Waals surface area contributed by atoms with Gasteiger partial charge in [0.15, 0.2) is 11.5 Å². The molecule has 2 aliphatic rings. The quantitative estimate of drug-likeness (QED) is 0.787. The van der Waals surface area contributed by atoms with Crippen LogP contribution in [0.15, 0.2) is 32.3 Å². The van der Waals surface area contributed by atoms with Crippen LogP contribution in [0, 0.1) is 6.92 Å². The Labute approximate surface area is 163 Å². The van der Waals surface area contributed by atoms with Crippen molar-refractivity contribution in [1.82, 2.24) is 10.7 Å². The Kier molecular flexibility index (Phi) is 5.32. The molecule has 7 nitrogen and oxygen atoms in total. The van der Waals surface area contributed by atoms with E-state index >= 15 is 0 Å². The standard InChI is InChI=1S/C21H25N3O4/c1-13-18-15(23-24-20(25)17-11-6-12-27-17)9-5-10-16(18)28-19(13)21(26)22-14-7-3-2-4-8-14/h6,11-12,14H,2-5,7-10H2,1H3,(H,22,26)(H,24,25)/b23-15+. The summed E-state index contributed by atoms with van der Waals surface area (Å²) in [6.07, 6.45) is 9.39. The van der Waals surface area contributed by atoms with Crippen LogP contribution >= 0.6 is 0 Å². The first-order valence-corrected chi connectivity index (χ1v) is 9.97. The minimum atomic E-state index is -0.402. The highest BCUT2D eigenvalue weighted by Gasteiger charge is 2.29. The number of rotatable bonds is 4. The van der Waals surface area contributed by atoms with Gasteiger partial charge in [-0.1, -0.05) is 19.3 Å². The van der Waals surface area contributed by atoms with Crippen LogP contribution in [0.3, 0.4) is 0 Å². The van der Waals surface area contributed by atoms with Gasteiger partial charge >= 0.3 is 5.91 Å². The highest BCUT2D eigenvalue weighted by atomic mass is 16.4. The Morgan fingerprint density at radius 1 is 1.11 bits per heavy atom. The lowest BCUT2D eigenvalue weighted by Gasteiger charge is -2.22. The molecular weight excluding hydrogens is 358 g/mol. The molecule has 0 unspecified atom stereocenters. The lowest BCUT2D eigenvalue weighted by molar-refractivity contribution is 0.0895. The summed E-state index contributed by atoms with van der Waals surface area (Å²) in [6.45, 7) is 1.88. The third kappa shape index (κ3) is 3.74. The average molecular weight is 383 g/mol. The molecule has 0 radical (unpaired) electrons. The topological polar surface area (TPSA) is 96.8 Å². The molecule has 0 bridgehead atoms. The number of furan rings is 2. The largest absolute Gasteiger partial charge is 0.459 e. The monoisotopic (exact) mass is 383 g/mol. The first kappa shape index (κ1) is 18.5. The van der Waals surface area contributed by atoms with E-state index in [4.69, 9.17) is 8.83 Å². The summed E-state index contributed by atoms with van der Waals surface area (Å²) in [5, 5.41) is 7.41. The Bertz CT molecular complexity index is 889. The second-order valence-electron chi connectivity index (χ2n) is 7.49. The fraction of sp³-hybridized carbons (Fsp3) is 0.476. The van der Waals surface area contributed by atoms with Gasteiger partial charge in [-0.25, -0.2) is 5.43 Å². The average Bonchev–Trinajstić information content (AvgIpc) is 3.36. The first-order valence-electron chi connectivity index (χ1n) is 9.97. The number of fused-ring (bicyclic) bond motifs is 1. The number of nitrogens with zero attached hydrogens (tertiary/aromatic N) is 1. The van der Waals surface area contributed by atoms with Crippen LogP contribution < -0.4 is 10.7 Å². The summed E-state index contributed by atoms with van der Waals surface area (Å²) in [4.78, 5) is 24.8. The van der Waals surface area contributed by atoms with Gasteiger partial charge in [0.1, 0.15) is 5.76 Å². The second-order valence-corrected chi connectivity index (χ2v) is 7.49. The van der Waals surface area contributed by atoms with E-state index in [-0.39, 0.29) is 17.7 Å². The summed E-state index contributed by atoms with van der Waals surface area (Å²) in [6, 6.07) is 3.46. The van der Waals surface area contributed by atoms with Crippen molar-refractivity contribution < 1.29 is 18.4 Å². The number of hydrogen-bond acceptors (Lipinski definition) is 5. The van der Waals surface area contributed by atoms with E-state index in [9.17, 15) is 9.59 Å². The fourth-order valence-electron chi connectivity index (χ4n) is 4.08. The normalized spacial score (nSPS) is 18.7. The maximum absolute atomic E-state index is 12.8. The molecule has 4 rings (SSSR count). The molecule has 0 aromatic carbocycles. The van der Waals surface area contributed by atoms with E-state index in [2.05, 4.69) is 15.8 Å².